The van der Waals surface area contributed by atoms with Crippen molar-refractivity contribution in [2.45, 2.75) is 6.92 Å². The minimum atomic E-state index is -0.434. The van der Waals surface area contributed by atoms with E-state index >= 15 is 0 Å². The molecule has 0 radical (unpaired) electrons. The first-order valence-electron chi connectivity index (χ1n) is 4.59. The van der Waals surface area contributed by atoms with E-state index < -0.39 is 5.91 Å². The summed E-state index contributed by atoms with van der Waals surface area (Å²) in [6, 6.07) is 7.26. The molecule has 3 N–H and O–H groups in total. The van der Waals surface area contributed by atoms with Gasteiger partial charge in [0.1, 0.15) is 0 Å². The molecular weight excluding hydrogens is 190 g/mol. The number of carbonyl (C=O) groups is 1. The van der Waals surface area contributed by atoms with Crippen LogP contribution < -0.4 is 5.73 Å². The fourth-order valence-corrected chi connectivity index (χ4v) is 1.61. The number of carbonyl (C=O) groups excluding carboxylic acids is 1. The van der Waals surface area contributed by atoms with Gasteiger partial charge in [-0.05, 0) is 24.6 Å². The number of nitrogens with one attached hydrogen (secondary N) is 1. The Labute approximate surface area is 87.1 Å². The highest BCUT2D eigenvalue weighted by atomic mass is 16.1. The third-order valence-electron chi connectivity index (χ3n) is 2.30. The zero-order chi connectivity index (χ0) is 10.8. The Kier molecular flexibility index (Phi) is 2.25. The van der Waals surface area contributed by atoms with E-state index in [1.54, 1.807) is 12.3 Å². The van der Waals surface area contributed by atoms with Crippen LogP contribution in [0.5, 0.6) is 0 Å². The van der Waals surface area contributed by atoms with Crippen molar-refractivity contribution in [3.05, 3.63) is 41.6 Å². The number of nitrogens with two attached hydrogens (primary N) is 1. The molecule has 1 amide bonds. The van der Waals surface area contributed by atoms with Crippen LogP contribution in [-0.2, 0) is 0 Å². The zero-order valence-corrected chi connectivity index (χ0v) is 8.32. The van der Waals surface area contributed by atoms with Crippen molar-refractivity contribution in [3.63, 3.8) is 0 Å². The van der Waals surface area contributed by atoms with Crippen LogP contribution in [0.2, 0.25) is 0 Å². The van der Waals surface area contributed by atoms with Gasteiger partial charge in [-0.1, -0.05) is 12.1 Å². The van der Waals surface area contributed by atoms with Gasteiger partial charge in [0.25, 0.3) is 0 Å². The second kappa shape index (κ2) is 3.57. The van der Waals surface area contributed by atoms with Gasteiger partial charge in [0, 0.05) is 17.3 Å². The Hall–Kier alpha value is -2.10. The minimum Gasteiger partial charge on any atom is -0.366 e. The molecule has 4 heteroatoms. The molecular formula is C11H11N3O. The van der Waals surface area contributed by atoms with Gasteiger partial charge in [-0.15, -0.1) is 0 Å². The van der Waals surface area contributed by atoms with E-state index in [0.29, 0.717) is 5.56 Å². The fraction of sp³-hybridized carbons (Fsp3) is 0.0909. The minimum absolute atomic E-state index is 0.434. The average Bonchev–Trinajstić information content (AvgIpc) is 2.70. The monoisotopic (exact) mass is 201 g/mol. The third-order valence-corrected chi connectivity index (χ3v) is 2.30. The molecule has 0 saturated heterocycles. The molecule has 0 spiro atoms. The Balaban J connectivity index is 2.68. The molecule has 0 unspecified atom stereocenters. The van der Waals surface area contributed by atoms with Gasteiger partial charge >= 0.3 is 0 Å². The Bertz CT molecular complexity index is 489. The highest BCUT2D eigenvalue weighted by Gasteiger charge is 2.13. The second-order valence-electron chi connectivity index (χ2n) is 3.32. The summed E-state index contributed by atoms with van der Waals surface area (Å²) in [5, 5.41) is 6.78. The van der Waals surface area contributed by atoms with Crippen LogP contribution in [0.3, 0.4) is 0 Å². The molecule has 1 aromatic heterocycles. The maximum Gasteiger partial charge on any atom is 0.249 e. The highest BCUT2D eigenvalue weighted by Crippen LogP contribution is 2.24. The summed E-state index contributed by atoms with van der Waals surface area (Å²) in [7, 11) is 0. The number of primary amides is 1. The van der Waals surface area contributed by atoms with E-state index in [1.807, 2.05) is 25.1 Å². The van der Waals surface area contributed by atoms with Crippen molar-refractivity contribution in [1.29, 1.82) is 0 Å². The standard InChI is InChI=1S/C11H11N3O/c1-7-3-2-4-8(11(12)15)10(7)9-5-6-13-14-9/h2-6H,1H3,(H2,12,15)(H,13,14). The normalized spacial score (nSPS) is 10.2. The molecule has 4 nitrogen and oxygen atoms in total. The van der Waals surface area contributed by atoms with Crippen molar-refractivity contribution in [3.8, 4) is 11.3 Å². The van der Waals surface area contributed by atoms with Crippen LogP contribution in [0, 0.1) is 6.92 Å². The van der Waals surface area contributed by atoms with Gasteiger partial charge < -0.3 is 5.73 Å². The summed E-state index contributed by atoms with van der Waals surface area (Å²) in [4.78, 5) is 11.3. The molecule has 2 rings (SSSR count). The summed E-state index contributed by atoms with van der Waals surface area (Å²) in [5.41, 5.74) is 8.33. The summed E-state index contributed by atoms with van der Waals surface area (Å²) < 4.78 is 0. The second-order valence-corrected chi connectivity index (χ2v) is 3.32. The molecule has 0 saturated carbocycles. The van der Waals surface area contributed by atoms with E-state index in [9.17, 15) is 4.79 Å². The summed E-state index contributed by atoms with van der Waals surface area (Å²) in [5.74, 6) is -0.434. The van der Waals surface area contributed by atoms with E-state index in [-0.39, 0.29) is 0 Å². The van der Waals surface area contributed by atoms with E-state index in [1.165, 1.54) is 0 Å². The Morgan fingerprint density at radius 1 is 1.40 bits per heavy atom. The van der Waals surface area contributed by atoms with Crippen LogP contribution in [0.25, 0.3) is 11.3 Å². The SMILES string of the molecule is Cc1cccc(C(N)=O)c1-c1cc[nH]n1. The van der Waals surface area contributed by atoms with E-state index in [4.69, 9.17) is 5.73 Å². The molecule has 76 valence electrons. The number of H-pyrrole nitrogens is 1. The number of amides is 1. The smallest absolute Gasteiger partial charge is 0.249 e. The molecule has 15 heavy (non-hydrogen) atoms. The quantitative estimate of drug-likeness (QED) is 0.772. The first-order chi connectivity index (χ1) is 7.20. The van der Waals surface area contributed by atoms with Gasteiger partial charge in [0.05, 0.1) is 5.69 Å². The molecule has 1 heterocycles. The van der Waals surface area contributed by atoms with Crippen LogP contribution >= 0.6 is 0 Å². The van der Waals surface area contributed by atoms with Crippen molar-refractivity contribution in [1.82, 2.24) is 10.2 Å². The van der Waals surface area contributed by atoms with Gasteiger partial charge in [-0.2, -0.15) is 5.10 Å². The van der Waals surface area contributed by atoms with E-state index in [0.717, 1.165) is 16.8 Å². The number of hydrogen-bond acceptors (Lipinski definition) is 2. The van der Waals surface area contributed by atoms with Crippen molar-refractivity contribution < 1.29 is 4.79 Å². The van der Waals surface area contributed by atoms with Crippen LogP contribution in [0.15, 0.2) is 30.5 Å². The maximum atomic E-state index is 11.3. The lowest BCUT2D eigenvalue weighted by molar-refractivity contribution is 0.100. The number of aromatic nitrogens is 2. The molecule has 0 aliphatic rings. The topological polar surface area (TPSA) is 71.8 Å². The molecule has 0 fully saturated rings. The number of aromatic amines is 1. The van der Waals surface area contributed by atoms with Gasteiger partial charge in [0.15, 0.2) is 0 Å². The molecule has 0 atom stereocenters. The van der Waals surface area contributed by atoms with Crippen molar-refractivity contribution in [2.75, 3.05) is 0 Å². The fourth-order valence-electron chi connectivity index (χ4n) is 1.61. The molecule has 2 aromatic rings. The number of benzene rings is 1. The van der Waals surface area contributed by atoms with Crippen molar-refractivity contribution >= 4 is 5.91 Å². The predicted molar refractivity (Wildman–Crippen MR) is 57.3 cm³/mol. The van der Waals surface area contributed by atoms with Gasteiger partial charge in [-0.3, -0.25) is 9.89 Å². The first kappa shape index (κ1) is 9.45. The number of hydrogen-bond donors (Lipinski definition) is 2. The maximum absolute atomic E-state index is 11.3. The number of rotatable bonds is 2. The Morgan fingerprint density at radius 2 is 2.20 bits per heavy atom. The van der Waals surface area contributed by atoms with Gasteiger partial charge in [-0.25, -0.2) is 0 Å². The lowest BCUT2D eigenvalue weighted by Gasteiger charge is -2.06. The van der Waals surface area contributed by atoms with Crippen LogP contribution in [0.1, 0.15) is 15.9 Å². The van der Waals surface area contributed by atoms with E-state index in [2.05, 4.69) is 10.2 Å². The predicted octanol–water partition coefficient (Wildman–Crippen LogP) is 1.48. The summed E-state index contributed by atoms with van der Waals surface area (Å²) in [6.45, 7) is 1.93. The summed E-state index contributed by atoms with van der Waals surface area (Å²) in [6.07, 6.45) is 1.71. The lowest BCUT2D eigenvalue weighted by atomic mass is 9.99. The van der Waals surface area contributed by atoms with Gasteiger partial charge in [0.2, 0.25) is 5.91 Å². The molecule has 0 aliphatic heterocycles. The van der Waals surface area contributed by atoms with Crippen LogP contribution in [-0.4, -0.2) is 16.1 Å². The first-order valence-corrected chi connectivity index (χ1v) is 4.59. The highest BCUT2D eigenvalue weighted by molar-refractivity contribution is 6.00. The largest absolute Gasteiger partial charge is 0.366 e. The average molecular weight is 201 g/mol. The third kappa shape index (κ3) is 1.61. The zero-order valence-electron chi connectivity index (χ0n) is 8.32. The Morgan fingerprint density at radius 3 is 2.80 bits per heavy atom. The number of aryl methyl sites for hydroxylation is 1. The molecule has 0 bridgehead atoms. The van der Waals surface area contributed by atoms with Crippen LogP contribution in [0.4, 0.5) is 0 Å². The molecule has 0 aliphatic carbocycles. The number of nitrogens with zero attached hydrogens (tertiary/aromatic N) is 1. The lowest BCUT2D eigenvalue weighted by Crippen LogP contribution is -2.13. The molecule has 1 aromatic carbocycles. The van der Waals surface area contributed by atoms with Crippen molar-refractivity contribution in [2.24, 2.45) is 5.73 Å². The summed E-state index contributed by atoms with van der Waals surface area (Å²) >= 11 is 0.